The minimum absolute atomic E-state index is 0.246. The van der Waals surface area contributed by atoms with E-state index in [1.54, 1.807) is 0 Å². The molecule has 0 radical (unpaired) electrons. The van der Waals surface area contributed by atoms with Crippen LogP contribution >= 0.6 is 0 Å². The second-order valence-corrected chi connectivity index (χ2v) is 5.33. The van der Waals surface area contributed by atoms with Crippen molar-refractivity contribution in [2.75, 3.05) is 0 Å². The van der Waals surface area contributed by atoms with Crippen LogP contribution in [0.15, 0.2) is 60.7 Å². The van der Waals surface area contributed by atoms with Crippen LogP contribution in [0.5, 0.6) is 0 Å². The number of para-hydroxylation sites is 1. The molecule has 0 saturated heterocycles. The molecule has 0 aliphatic carbocycles. The van der Waals surface area contributed by atoms with E-state index in [1.807, 2.05) is 36.4 Å². The number of aliphatic hydroxyl groups excluding tert-OH is 1. The average Bonchev–Trinajstić information content (AvgIpc) is 2.54. The van der Waals surface area contributed by atoms with Crippen LogP contribution in [0.2, 0.25) is 0 Å². The van der Waals surface area contributed by atoms with Crippen molar-refractivity contribution in [1.82, 2.24) is 4.98 Å². The van der Waals surface area contributed by atoms with Crippen molar-refractivity contribution < 1.29 is 18.3 Å². The molecule has 0 saturated carbocycles. The van der Waals surface area contributed by atoms with Gasteiger partial charge in [0.1, 0.15) is 0 Å². The predicted molar refractivity (Wildman–Crippen MR) is 81.9 cm³/mol. The summed E-state index contributed by atoms with van der Waals surface area (Å²) in [6.07, 6.45) is -5.02. The number of benzene rings is 2. The molecule has 0 spiro atoms. The Bertz CT molecular complexity index is 812. The fourth-order valence-corrected chi connectivity index (χ4v) is 2.43. The molecular formula is C18H14F3NO. The minimum atomic E-state index is -4.37. The Morgan fingerprint density at radius 3 is 2.30 bits per heavy atom. The summed E-state index contributed by atoms with van der Waals surface area (Å²) in [6.45, 7) is 0. The smallest absolute Gasteiger partial charge is 0.388 e. The van der Waals surface area contributed by atoms with Crippen molar-refractivity contribution in [3.8, 4) is 0 Å². The van der Waals surface area contributed by atoms with E-state index >= 15 is 0 Å². The zero-order valence-corrected chi connectivity index (χ0v) is 12.1. The highest BCUT2D eigenvalue weighted by Crippen LogP contribution is 2.30. The molecule has 1 atom stereocenters. The number of alkyl halides is 3. The number of pyridine rings is 1. The van der Waals surface area contributed by atoms with Gasteiger partial charge in [-0.1, -0.05) is 36.4 Å². The number of fused-ring (bicyclic) bond motifs is 1. The standard InChI is InChI=1S/C18H14F3NO/c19-18(20,21)14-8-5-13(6-9-14)17(23)11-15-10-7-12-3-1-2-4-16(12)22-15/h1-10,17,23H,11H2. The van der Waals surface area contributed by atoms with Crippen LogP contribution in [-0.2, 0) is 12.6 Å². The van der Waals surface area contributed by atoms with Crippen molar-refractivity contribution in [3.63, 3.8) is 0 Å². The van der Waals surface area contributed by atoms with Crippen molar-refractivity contribution in [1.29, 1.82) is 0 Å². The Balaban J connectivity index is 1.78. The Morgan fingerprint density at radius 2 is 1.61 bits per heavy atom. The lowest BCUT2D eigenvalue weighted by Gasteiger charge is -2.13. The van der Waals surface area contributed by atoms with E-state index in [4.69, 9.17) is 0 Å². The van der Waals surface area contributed by atoms with Gasteiger partial charge in [-0.15, -0.1) is 0 Å². The maximum atomic E-state index is 12.5. The molecule has 1 N–H and O–H groups in total. The van der Waals surface area contributed by atoms with Crippen LogP contribution in [0, 0.1) is 0 Å². The predicted octanol–water partition coefficient (Wildman–Crippen LogP) is 4.53. The number of aromatic nitrogens is 1. The number of aliphatic hydroxyl groups is 1. The third-order valence-electron chi connectivity index (χ3n) is 3.68. The molecule has 1 unspecified atom stereocenters. The second-order valence-electron chi connectivity index (χ2n) is 5.33. The summed E-state index contributed by atoms with van der Waals surface area (Å²) in [5, 5.41) is 11.2. The first-order valence-corrected chi connectivity index (χ1v) is 7.13. The van der Waals surface area contributed by atoms with E-state index in [-0.39, 0.29) is 6.42 Å². The highest BCUT2D eigenvalue weighted by Gasteiger charge is 2.30. The highest BCUT2D eigenvalue weighted by molar-refractivity contribution is 5.78. The van der Waals surface area contributed by atoms with E-state index in [0.717, 1.165) is 23.0 Å². The first kappa shape index (κ1) is 15.5. The van der Waals surface area contributed by atoms with Crippen LogP contribution in [0.25, 0.3) is 10.9 Å². The largest absolute Gasteiger partial charge is 0.416 e. The summed E-state index contributed by atoms with van der Waals surface area (Å²) >= 11 is 0. The van der Waals surface area contributed by atoms with Crippen molar-refractivity contribution in [2.24, 2.45) is 0 Å². The molecule has 3 rings (SSSR count). The van der Waals surface area contributed by atoms with Gasteiger partial charge in [-0.25, -0.2) is 0 Å². The molecule has 0 fully saturated rings. The lowest BCUT2D eigenvalue weighted by atomic mass is 10.0. The molecule has 1 heterocycles. The van der Waals surface area contributed by atoms with Gasteiger partial charge in [-0.3, -0.25) is 4.98 Å². The van der Waals surface area contributed by atoms with Crippen molar-refractivity contribution in [2.45, 2.75) is 18.7 Å². The minimum Gasteiger partial charge on any atom is -0.388 e. The van der Waals surface area contributed by atoms with Gasteiger partial charge in [0.25, 0.3) is 0 Å². The van der Waals surface area contributed by atoms with Crippen LogP contribution < -0.4 is 0 Å². The maximum absolute atomic E-state index is 12.5. The SMILES string of the molecule is OC(Cc1ccc2ccccc2n1)c1ccc(C(F)(F)F)cc1. The van der Waals surface area contributed by atoms with Gasteiger partial charge in [0.15, 0.2) is 0 Å². The number of hydrogen-bond donors (Lipinski definition) is 1. The van der Waals surface area contributed by atoms with Gasteiger partial charge in [0, 0.05) is 17.5 Å². The number of rotatable bonds is 3. The Morgan fingerprint density at radius 1 is 0.913 bits per heavy atom. The highest BCUT2D eigenvalue weighted by atomic mass is 19.4. The molecule has 23 heavy (non-hydrogen) atoms. The molecule has 118 valence electrons. The van der Waals surface area contributed by atoms with Crippen molar-refractivity contribution >= 4 is 10.9 Å². The number of hydrogen-bond acceptors (Lipinski definition) is 2. The maximum Gasteiger partial charge on any atom is 0.416 e. The summed E-state index contributed by atoms with van der Waals surface area (Å²) < 4.78 is 37.6. The van der Waals surface area contributed by atoms with E-state index < -0.39 is 17.8 Å². The van der Waals surface area contributed by atoms with Gasteiger partial charge in [-0.05, 0) is 29.8 Å². The summed E-state index contributed by atoms with van der Waals surface area (Å²) in [4.78, 5) is 4.46. The summed E-state index contributed by atoms with van der Waals surface area (Å²) in [7, 11) is 0. The van der Waals surface area contributed by atoms with E-state index in [2.05, 4.69) is 4.98 Å². The average molecular weight is 317 g/mol. The normalized spacial score (nSPS) is 13.2. The molecule has 0 aliphatic rings. The van der Waals surface area contributed by atoms with E-state index in [9.17, 15) is 18.3 Å². The van der Waals surface area contributed by atoms with Gasteiger partial charge in [0.05, 0.1) is 17.2 Å². The van der Waals surface area contributed by atoms with Crippen molar-refractivity contribution in [3.05, 3.63) is 77.5 Å². The second kappa shape index (κ2) is 6.01. The summed E-state index contributed by atoms with van der Waals surface area (Å²) in [6, 6.07) is 15.9. The monoisotopic (exact) mass is 317 g/mol. The lowest BCUT2D eigenvalue weighted by molar-refractivity contribution is -0.137. The summed E-state index contributed by atoms with van der Waals surface area (Å²) in [5.41, 5.74) is 1.23. The molecule has 0 aliphatic heterocycles. The fourth-order valence-electron chi connectivity index (χ4n) is 2.43. The summed E-state index contributed by atoms with van der Waals surface area (Å²) in [5.74, 6) is 0. The van der Waals surface area contributed by atoms with E-state index in [1.165, 1.54) is 12.1 Å². The molecule has 2 aromatic carbocycles. The molecule has 5 heteroatoms. The topological polar surface area (TPSA) is 33.1 Å². The zero-order valence-electron chi connectivity index (χ0n) is 12.1. The van der Waals surface area contributed by atoms with Gasteiger partial charge < -0.3 is 5.11 Å². The molecular weight excluding hydrogens is 303 g/mol. The third kappa shape index (κ3) is 3.51. The van der Waals surface area contributed by atoms with Crippen LogP contribution in [0.3, 0.4) is 0 Å². The Labute approximate surface area is 131 Å². The Kier molecular flexibility index (Phi) is 4.05. The number of nitrogens with zero attached hydrogens (tertiary/aromatic N) is 1. The first-order chi connectivity index (χ1) is 10.9. The molecule has 0 bridgehead atoms. The zero-order chi connectivity index (χ0) is 16.4. The van der Waals surface area contributed by atoms with Crippen LogP contribution in [-0.4, -0.2) is 10.1 Å². The van der Waals surface area contributed by atoms with E-state index in [0.29, 0.717) is 11.3 Å². The lowest BCUT2D eigenvalue weighted by Crippen LogP contribution is -2.07. The molecule has 2 nitrogen and oxygen atoms in total. The molecule has 3 aromatic rings. The fraction of sp³-hybridized carbons (Fsp3) is 0.167. The van der Waals surface area contributed by atoms with Crippen LogP contribution in [0.4, 0.5) is 13.2 Å². The van der Waals surface area contributed by atoms with Gasteiger partial charge in [0.2, 0.25) is 0 Å². The third-order valence-corrected chi connectivity index (χ3v) is 3.68. The first-order valence-electron chi connectivity index (χ1n) is 7.13. The molecule has 0 amide bonds. The molecule has 1 aromatic heterocycles. The van der Waals surface area contributed by atoms with Gasteiger partial charge in [-0.2, -0.15) is 13.2 Å². The quantitative estimate of drug-likeness (QED) is 0.770. The Hall–Kier alpha value is -2.40. The number of halogens is 3. The van der Waals surface area contributed by atoms with Crippen LogP contribution in [0.1, 0.15) is 22.9 Å². The van der Waals surface area contributed by atoms with Gasteiger partial charge >= 0.3 is 6.18 Å².